The Morgan fingerprint density at radius 1 is 1.11 bits per heavy atom. The molecule has 2 amide bonds. The van der Waals surface area contributed by atoms with Gasteiger partial charge in [-0.25, -0.2) is 4.39 Å². The highest BCUT2D eigenvalue weighted by Gasteiger charge is 2.24. The maximum Gasteiger partial charge on any atom is 0.265 e. The monoisotopic (exact) mass is 382 g/mol. The number of aryl methyl sites for hydroxylation is 1. The molecule has 27 heavy (non-hydrogen) atoms. The lowest BCUT2D eigenvalue weighted by Crippen LogP contribution is -2.29. The van der Waals surface area contributed by atoms with Crippen LogP contribution in [-0.2, 0) is 0 Å². The standard InChI is InChI=1S/C21H19FN2O2S/c1-13-6-4-8-16(19(13)21(26)24-10-2-3-11-24)23-20(25)18-12-14-15(22)7-5-9-17(14)27-18/h4-9,12H,2-3,10-11H2,1H3,(H,23,25). The normalized spacial score (nSPS) is 13.9. The van der Waals surface area contributed by atoms with Crippen molar-refractivity contribution in [2.75, 3.05) is 18.4 Å². The molecule has 6 heteroatoms. The Labute approximate surface area is 160 Å². The van der Waals surface area contributed by atoms with Crippen LogP contribution in [0.1, 0.15) is 38.4 Å². The first-order valence-electron chi connectivity index (χ1n) is 8.93. The van der Waals surface area contributed by atoms with Crippen LogP contribution in [0.4, 0.5) is 10.1 Å². The summed E-state index contributed by atoms with van der Waals surface area (Å²) in [5.41, 5.74) is 1.85. The number of hydrogen-bond donors (Lipinski definition) is 1. The number of amides is 2. The Bertz CT molecular complexity index is 1040. The summed E-state index contributed by atoms with van der Waals surface area (Å²) in [5.74, 6) is -0.733. The van der Waals surface area contributed by atoms with E-state index in [0.717, 1.165) is 36.2 Å². The molecule has 0 bridgehead atoms. The van der Waals surface area contributed by atoms with E-state index in [-0.39, 0.29) is 17.6 Å². The molecule has 2 aromatic carbocycles. The first kappa shape index (κ1) is 17.7. The van der Waals surface area contributed by atoms with Gasteiger partial charge in [-0.2, -0.15) is 0 Å². The van der Waals surface area contributed by atoms with Gasteiger partial charge in [0.1, 0.15) is 5.82 Å². The Kier molecular flexibility index (Phi) is 4.66. The Hall–Kier alpha value is -2.73. The van der Waals surface area contributed by atoms with E-state index in [0.29, 0.717) is 21.5 Å². The van der Waals surface area contributed by atoms with E-state index in [1.807, 2.05) is 24.0 Å². The van der Waals surface area contributed by atoms with Crippen molar-refractivity contribution in [2.45, 2.75) is 19.8 Å². The molecule has 4 nitrogen and oxygen atoms in total. The topological polar surface area (TPSA) is 49.4 Å². The summed E-state index contributed by atoms with van der Waals surface area (Å²) in [7, 11) is 0. The molecule has 1 aliphatic heterocycles. The van der Waals surface area contributed by atoms with Crippen LogP contribution in [0, 0.1) is 12.7 Å². The third-order valence-electron chi connectivity index (χ3n) is 4.86. The number of fused-ring (bicyclic) bond motifs is 1. The van der Waals surface area contributed by atoms with Gasteiger partial charge in [0, 0.05) is 23.2 Å². The molecule has 1 fully saturated rings. The molecule has 3 aromatic rings. The van der Waals surface area contributed by atoms with Gasteiger partial charge in [-0.1, -0.05) is 18.2 Å². The van der Waals surface area contributed by atoms with Gasteiger partial charge in [-0.3, -0.25) is 9.59 Å². The molecule has 1 saturated heterocycles. The summed E-state index contributed by atoms with van der Waals surface area (Å²) in [4.78, 5) is 27.9. The molecule has 0 saturated carbocycles. The molecule has 1 aromatic heterocycles. The average Bonchev–Trinajstić information content (AvgIpc) is 3.32. The average molecular weight is 382 g/mol. The van der Waals surface area contributed by atoms with Crippen LogP contribution < -0.4 is 5.32 Å². The van der Waals surface area contributed by atoms with Crippen LogP contribution in [0.5, 0.6) is 0 Å². The zero-order valence-corrected chi connectivity index (χ0v) is 15.7. The fraction of sp³-hybridized carbons (Fsp3) is 0.238. The highest BCUT2D eigenvalue weighted by molar-refractivity contribution is 7.20. The van der Waals surface area contributed by atoms with Crippen LogP contribution in [0.25, 0.3) is 10.1 Å². The van der Waals surface area contributed by atoms with Crippen LogP contribution in [0.15, 0.2) is 42.5 Å². The van der Waals surface area contributed by atoms with Crippen molar-refractivity contribution >= 4 is 38.9 Å². The number of nitrogens with one attached hydrogen (secondary N) is 1. The third-order valence-corrected chi connectivity index (χ3v) is 5.96. The Morgan fingerprint density at radius 2 is 1.85 bits per heavy atom. The van der Waals surface area contributed by atoms with Gasteiger partial charge in [-0.05, 0) is 49.6 Å². The van der Waals surface area contributed by atoms with Crippen molar-refractivity contribution in [1.82, 2.24) is 4.90 Å². The van der Waals surface area contributed by atoms with Crippen LogP contribution >= 0.6 is 11.3 Å². The highest BCUT2D eigenvalue weighted by Crippen LogP contribution is 2.29. The number of hydrogen-bond acceptors (Lipinski definition) is 3. The number of likely N-dealkylation sites (tertiary alicyclic amines) is 1. The summed E-state index contributed by atoms with van der Waals surface area (Å²) in [6.07, 6.45) is 2.01. The van der Waals surface area contributed by atoms with E-state index in [1.54, 1.807) is 24.3 Å². The van der Waals surface area contributed by atoms with E-state index in [9.17, 15) is 14.0 Å². The quantitative estimate of drug-likeness (QED) is 0.705. The van der Waals surface area contributed by atoms with Crippen molar-refractivity contribution < 1.29 is 14.0 Å². The summed E-state index contributed by atoms with van der Waals surface area (Å²) < 4.78 is 14.6. The molecule has 1 aliphatic rings. The third kappa shape index (κ3) is 3.32. The zero-order chi connectivity index (χ0) is 19.0. The number of nitrogens with zero attached hydrogens (tertiary/aromatic N) is 1. The fourth-order valence-corrected chi connectivity index (χ4v) is 4.43. The van der Waals surface area contributed by atoms with Gasteiger partial charge < -0.3 is 10.2 Å². The predicted molar refractivity (Wildman–Crippen MR) is 106 cm³/mol. The van der Waals surface area contributed by atoms with Crippen molar-refractivity contribution in [3.63, 3.8) is 0 Å². The predicted octanol–water partition coefficient (Wildman–Crippen LogP) is 4.84. The Balaban J connectivity index is 1.65. The van der Waals surface area contributed by atoms with E-state index in [2.05, 4.69) is 5.32 Å². The lowest BCUT2D eigenvalue weighted by Gasteiger charge is -2.19. The first-order chi connectivity index (χ1) is 13.0. The molecule has 0 spiro atoms. The number of rotatable bonds is 3. The number of halogens is 1. The summed E-state index contributed by atoms with van der Waals surface area (Å²) in [6.45, 7) is 3.36. The summed E-state index contributed by atoms with van der Waals surface area (Å²) in [6, 6.07) is 11.8. The van der Waals surface area contributed by atoms with Gasteiger partial charge in [0.25, 0.3) is 11.8 Å². The number of carbonyl (C=O) groups excluding carboxylic acids is 2. The maximum atomic E-state index is 13.9. The highest BCUT2D eigenvalue weighted by atomic mass is 32.1. The van der Waals surface area contributed by atoms with Gasteiger partial charge in [0.2, 0.25) is 0 Å². The van der Waals surface area contributed by atoms with Crippen molar-refractivity contribution in [2.24, 2.45) is 0 Å². The minimum atomic E-state index is -0.344. The van der Waals surface area contributed by atoms with Crippen molar-refractivity contribution in [3.05, 3.63) is 64.3 Å². The SMILES string of the molecule is Cc1cccc(NC(=O)c2cc3c(F)cccc3s2)c1C(=O)N1CCCC1. The number of carbonyl (C=O) groups is 2. The minimum absolute atomic E-state index is 0.0525. The second-order valence-electron chi connectivity index (χ2n) is 6.71. The second-order valence-corrected chi connectivity index (χ2v) is 7.80. The fourth-order valence-electron chi connectivity index (χ4n) is 3.46. The molecule has 138 valence electrons. The molecule has 0 atom stereocenters. The van der Waals surface area contributed by atoms with Crippen LogP contribution in [0.2, 0.25) is 0 Å². The lowest BCUT2D eigenvalue weighted by atomic mass is 10.0. The van der Waals surface area contributed by atoms with Crippen molar-refractivity contribution in [1.29, 1.82) is 0 Å². The lowest BCUT2D eigenvalue weighted by molar-refractivity contribution is 0.0793. The number of anilines is 1. The second kappa shape index (κ2) is 7.12. The van der Waals surface area contributed by atoms with Crippen LogP contribution in [-0.4, -0.2) is 29.8 Å². The number of thiophene rings is 1. The molecule has 4 rings (SSSR count). The van der Waals surface area contributed by atoms with E-state index < -0.39 is 0 Å². The van der Waals surface area contributed by atoms with E-state index >= 15 is 0 Å². The van der Waals surface area contributed by atoms with Crippen LogP contribution in [0.3, 0.4) is 0 Å². The van der Waals surface area contributed by atoms with Gasteiger partial charge >= 0.3 is 0 Å². The van der Waals surface area contributed by atoms with Crippen molar-refractivity contribution in [3.8, 4) is 0 Å². The van der Waals surface area contributed by atoms with Gasteiger partial charge in [0.15, 0.2) is 0 Å². The summed E-state index contributed by atoms with van der Waals surface area (Å²) >= 11 is 1.24. The zero-order valence-electron chi connectivity index (χ0n) is 14.9. The molecule has 0 aliphatic carbocycles. The smallest absolute Gasteiger partial charge is 0.265 e. The molecular formula is C21H19FN2O2S. The largest absolute Gasteiger partial charge is 0.339 e. The van der Waals surface area contributed by atoms with E-state index in [1.165, 1.54) is 17.4 Å². The Morgan fingerprint density at radius 3 is 2.59 bits per heavy atom. The van der Waals surface area contributed by atoms with E-state index in [4.69, 9.17) is 0 Å². The summed E-state index contributed by atoms with van der Waals surface area (Å²) in [5, 5.41) is 3.29. The number of benzene rings is 2. The van der Waals surface area contributed by atoms with Gasteiger partial charge in [0.05, 0.1) is 16.1 Å². The molecule has 2 heterocycles. The minimum Gasteiger partial charge on any atom is -0.339 e. The molecule has 0 radical (unpaired) electrons. The molecular weight excluding hydrogens is 363 g/mol. The maximum absolute atomic E-state index is 13.9. The molecule has 0 unspecified atom stereocenters. The first-order valence-corrected chi connectivity index (χ1v) is 9.74. The molecule has 1 N–H and O–H groups in total. The van der Waals surface area contributed by atoms with Gasteiger partial charge in [-0.15, -0.1) is 11.3 Å².